The zero-order valence-corrected chi connectivity index (χ0v) is 13.5. The van der Waals surface area contributed by atoms with E-state index in [0.29, 0.717) is 21.6 Å². The van der Waals surface area contributed by atoms with Crippen molar-refractivity contribution < 1.29 is 0 Å². The van der Waals surface area contributed by atoms with Crippen molar-refractivity contribution >= 4 is 29.3 Å². The fraction of sp³-hybridized carbons (Fsp3) is 0. The summed E-state index contributed by atoms with van der Waals surface area (Å²) in [7, 11) is 0. The number of benzene rings is 1. The molecule has 114 valence electrons. The molecule has 0 fully saturated rings. The number of nitrogens with zero attached hydrogens (tertiary/aromatic N) is 3. The van der Waals surface area contributed by atoms with Gasteiger partial charge in [0.2, 0.25) is 0 Å². The third kappa shape index (κ3) is 3.33. The van der Waals surface area contributed by atoms with E-state index in [0.717, 1.165) is 16.8 Å². The molecule has 1 aromatic carbocycles. The molecule has 0 saturated carbocycles. The van der Waals surface area contributed by atoms with E-state index in [1.54, 1.807) is 36.7 Å². The third-order valence-electron chi connectivity index (χ3n) is 3.19. The minimum absolute atomic E-state index is 0.525. The van der Waals surface area contributed by atoms with E-state index in [1.165, 1.54) is 6.20 Å². The van der Waals surface area contributed by atoms with Crippen molar-refractivity contribution in [1.29, 1.82) is 0 Å². The Morgan fingerprint density at radius 2 is 1.83 bits per heavy atom. The van der Waals surface area contributed by atoms with Crippen molar-refractivity contribution in [2.45, 2.75) is 0 Å². The van der Waals surface area contributed by atoms with Crippen LogP contribution in [0.15, 0.2) is 55.0 Å². The van der Waals surface area contributed by atoms with E-state index in [-0.39, 0.29) is 0 Å². The summed E-state index contributed by atoms with van der Waals surface area (Å²) in [4.78, 5) is 13.1. The van der Waals surface area contributed by atoms with Crippen LogP contribution in [0.3, 0.4) is 0 Å². The highest BCUT2D eigenvalue weighted by Gasteiger charge is 2.13. The molecule has 0 bridgehead atoms. The first kappa shape index (κ1) is 15.5. The summed E-state index contributed by atoms with van der Waals surface area (Å²) in [6.07, 6.45) is 6.41. The largest absolute Gasteiger partial charge is 0.404 e. The molecule has 0 aliphatic rings. The lowest BCUT2D eigenvalue weighted by Crippen LogP contribution is -1.95. The Hall–Kier alpha value is -2.43. The second-order valence-corrected chi connectivity index (χ2v) is 5.53. The monoisotopic (exact) mass is 342 g/mol. The molecule has 0 spiro atoms. The highest BCUT2D eigenvalue weighted by Crippen LogP contribution is 2.35. The number of nitrogens with two attached hydrogens (primary N) is 1. The minimum atomic E-state index is 0.525. The van der Waals surface area contributed by atoms with Gasteiger partial charge in [0.1, 0.15) is 0 Å². The van der Waals surface area contributed by atoms with Gasteiger partial charge in [0.05, 0.1) is 16.4 Å². The van der Waals surface area contributed by atoms with Gasteiger partial charge in [0.25, 0.3) is 0 Å². The second-order valence-electron chi connectivity index (χ2n) is 4.68. The van der Waals surface area contributed by atoms with E-state index in [1.807, 2.05) is 18.2 Å². The van der Waals surface area contributed by atoms with Crippen molar-refractivity contribution in [2.75, 3.05) is 0 Å². The summed E-state index contributed by atoms with van der Waals surface area (Å²) in [5.41, 5.74) is 8.43. The van der Waals surface area contributed by atoms with Gasteiger partial charge >= 0.3 is 0 Å². The molecule has 23 heavy (non-hydrogen) atoms. The SMILES string of the molecule is NC=Cc1nccc(-c2cccnc2-c2cc(Cl)ccc2Cl)n1. The Kier molecular flexibility index (Phi) is 4.55. The van der Waals surface area contributed by atoms with Crippen LogP contribution < -0.4 is 5.73 Å². The molecule has 0 atom stereocenters. The number of pyridine rings is 1. The Balaban J connectivity index is 2.19. The van der Waals surface area contributed by atoms with Gasteiger partial charge in [-0.3, -0.25) is 4.98 Å². The van der Waals surface area contributed by atoms with Crippen molar-refractivity contribution in [3.63, 3.8) is 0 Å². The molecule has 2 N–H and O–H groups in total. The molecule has 3 rings (SSSR count). The maximum absolute atomic E-state index is 6.31. The van der Waals surface area contributed by atoms with Crippen LogP contribution in [-0.4, -0.2) is 15.0 Å². The van der Waals surface area contributed by atoms with E-state index in [2.05, 4.69) is 15.0 Å². The number of rotatable bonds is 3. The first-order chi connectivity index (χ1) is 11.2. The van der Waals surface area contributed by atoms with E-state index >= 15 is 0 Å². The molecule has 0 amide bonds. The Bertz CT molecular complexity index is 878. The maximum Gasteiger partial charge on any atom is 0.153 e. The lowest BCUT2D eigenvalue weighted by molar-refractivity contribution is 1.13. The molecule has 0 radical (unpaired) electrons. The summed E-state index contributed by atoms with van der Waals surface area (Å²) >= 11 is 12.4. The van der Waals surface area contributed by atoms with Crippen LogP contribution in [0.1, 0.15) is 5.82 Å². The number of hydrogen-bond donors (Lipinski definition) is 1. The fourth-order valence-corrected chi connectivity index (χ4v) is 2.57. The summed E-state index contributed by atoms with van der Waals surface area (Å²) in [5, 5.41) is 1.17. The molecule has 6 heteroatoms. The van der Waals surface area contributed by atoms with Crippen molar-refractivity contribution in [2.24, 2.45) is 5.73 Å². The molecule has 4 nitrogen and oxygen atoms in total. The average Bonchev–Trinajstić information content (AvgIpc) is 2.58. The highest BCUT2D eigenvalue weighted by atomic mass is 35.5. The normalized spacial score (nSPS) is 11.0. The summed E-state index contributed by atoms with van der Waals surface area (Å²) < 4.78 is 0. The molecule has 0 aliphatic heterocycles. The topological polar surface area (TPSA) is 64.7 Å². The van der Waals surface area contributed by atoms with Crippen molar-refractivity contribution in [1.82, 2.24) is 15.0 Å². The van der Waals surface area contributed by atoms with Crippen LogP contribution in [0.25, 0.3) is 28.6 Å². The fourth-order valence-electron chi connectivity index (χ4n) is 2.20. The maximum atomic E-state index is 6.31. The molecular weight excluding hydrogens is 331 g/mol. The number of hydrogen-bond acceptors (Lipinski definition) is 4. The summed E-state index contributed by atoms with van der Waals surface area (Å²) in [6, 6.07) is 10.9. The predicted octanol–water partition coefficient (Wildman–Crippen LogP) is 4.44. The number of aromatic nitrogens is 3. The zero-order chi connectivity index (χ0) is 16.2. The third-order valence-corrected chi connectivity index (χ3v) is 3.75. The summed E-state index contributed by atoms with van der Waals surface area (Å²) in [5.74, 6) is 0.525. The van der Waals surface area contributed by atoms with Crippen molar-refractivity contribution in [3.05, 3.63) is 70.9 Å². The zero-order valence-electron chi connectivity index (χ0n) is 11.9. The summed E-state index contributed by atoms with van der Waals surface area (Å²) in [6.45, 7) is 0. The van der Waals surface area contributed by atoms with Crippen LogP contribution in [0, 0.1) is 0 Å². The van der Waals surface area contributed by atoms with Gasteiger partial charge in [-0.1, -0.05) is 23.2 Å². The first-order valence-corrected chi connectivity index (χ1v) is 7.57. The molecule has 0 unspecified atom stereocenters. The minimum Gasteiger partial charge on any atom is -0.404 e. The average molecular weight is 343 g/mol. The molecule has 2 heterocycles. The second kappa shape index (κ2) is 6.77. The first-order valence-electron chi connectivity index (χ1n) is 6.81. The van der Waals surface area contributed by atoms with Crippen LogP contribution in [0.2, 0.25) is 10.0 Å². The van der Waals surface area contributed by atoms with E-state index < -0.39 is 0 Å². The van der Waals surface area contributed by atoms with Gasteiger partial charge in [-0.2, -0.15) is 0 Å². The number of halogens is 2. The molecule has 0 aliphatic carbocycles. The Morgan fingerprint density at radius 3 is 2.65 bits per heavy atom. The molecule has 2 aromatic heterocycles. The van der Waals surface area contributed by atoms with Crippen LogP contribution in [-0.2, 0) is 0 Å². The molecule has 3 aromatic rings. The standard InChI is InChI=1S/C17H12Cl2N4/c18-11-3-4-14(19)13(10-11)17-12(2-1-8-22-17)15-6-9-21-16(23-15)5-7-20/h1-10H,20H2. The van der Waals surface area contributed by atoms with Gasteiger partial charge in [-0.15, -0.1) is 0 Å². The van der Waals surface area contributed by atoms with Crippen molar-refractivity contribution in [3.8, 4) is 22.5 Å². The molecular formula is C17H12Cl2N4. The lowest BCUT2D eigenvalue weighted by atomic mass is 10.0. The molecule has 0 saturated heterocycles. The van der Waals surface area contributed by atoms with Crippen LogP contribution in [0.4, 0.5) is 0 Å². The smallest absolute Gasteiger partial charge is 0.153 e. The van der Waals surface area contributed by atoms with Crippen LogP contribution in [0.5, 0.6) is 0 Å². The van der Waals surface area contributed by atoms with Gasteiger partial charge in [0, 0.05) is 28.5 Å². The predicted molar refractivity (Wildman–Crippen MR) is 93.9 cm³/mol. The quantitative estimate of drug-likeness (QED) is 0.763. The lowest BCUT2D eigenvalue weighted by Gasteiger charge is -2.10. The van der Waals surface area contributed by atoms with Crippen LogP contribution >= 0.6 is 23.2 Å². The van der Waals surface area contributed by atoms with Gasteiger partial charge in [-0.25, -0.2) is 9.97 Å². The van der Waals surface area contributed by atoms with Gasteiger partial charge < -0.3 is 5.73 Å². The van der Waals surface area contributed by atoms with E-state index in [4.69, 9.17) is 28.9 Å². The van der Waals surface area contributed by atoms with Gasteiger partial charge in [-0.05, 0) is 48.7 Å². The Morgan fingerprint density at radius 1 is 0.957 bits per heavy atom. The Labute approximate surface area is 143 Å². The van der Waals surface area contributed by atoms with Gasteiger partial charge in [0.15, 0.2) is 5.82 Å². The highest BCUT2D eigenvalue weighted by molar-refractivity contribution is 6.35. The van der Waals surface area contributed by atoms with E-state index in [9.17, 15) is 0 Å².